The molecule has 0 aromatic heterocycles. The van der Waals surface area contributed by atoms with E-state index in [0.29, 0.717) is 24.0 Å². The van der Waals surface area contributed by atoms with Crippen LogP contribution in [0.25, 0.3) is 0 Å². The highest BCUT2D eigenvalue weighted by molar-refractivity contribution is 5.73. The number of aryl methyl sites for hydroxylation is 1. The molecule has 1 N–H and O–H groups in total. The molecular formula is C29H31NO6. The maximum Gasteiger partial charge on any atom is 0.308 e. The van der Waals surface area contributed by atoms with Gasteiger partial charge in [-0.05, 0) is 49.1 Å². The number of methoxy groups -OCH3 is 1. The number of carbonyl (C=O) groups excluding carboxylic acids is 2. The molecule has 5 atom stereocenters. The molecule has 7 heteroatoms. The summed E-state index contributed by atoms with van der Waals surface area (Å²) in [6.07, 6.45) is 6.95. The van der Waals surface area contributed by atoms with E-state index in [0.717, 1.165) is 30.7 Å². The van der Waals surface area contributed by atoms with Gasteiger partial charge >= 0.3 is 11.9 Å². The molecule has 0 saturated carbocycles. The average Bonchev–Trinajstić information content (AvgIpc) is 3.22. The van der Waals surface area contributed by atoms with Gasteiger partial charge in [-0.1, -0.05) is 36.4 Å². The van der Waals surface area contributed by atoms with E-state index < -0.39 is 0 Å². The van der Waals surface area contributed by atoms with Crippen LogP contribution in [0.2, 0.25) is 0 Å². The van der Waals surface area contributed by atoms with Crippen molar-refractivity contribution in [3.63, 3.8) is 0 Å². The van der Waals surface area contributed by atoms with Crippen molar-refractivity contribution in [2.24, 2.45) is 11.8 Å². The minimum Gasteiger partial charge on any atom is -0.496 e. The number of hydrogen-bond donors (Lipinski definition) is 1. The van der Waals surface area contributed by atoms with Gasteiger partial charge in [0.15, 0.2) is 11.5 Å². The highest BCUT2D eigenvalue weighted by atomic mass is 16.6. The summed E-state index contributed by atoms with van der Waals surface area (Å²) in [5, 5.41) is 3.69. The fourth-order valence-electron chi connectivity index (χ4n) is 6.88. The first kappa shape index (κ1) is 23.1. The summed E-state index contributed by atoms with van der Waals surface area (Å²) in [6.45, 7) is 2.56. The second-order valence-corrected chi connectivity index (χ2v) is 10.2. The normalized spacial score (nSPS) is 28.6. The van der Waals surface area contributed by atoms with Crippen molar-refractivity contribution >= 4 is 11.9 Å². The number of hydrogen-bond acceptors (Lipinski definition) is 7. The summed E-state index contributed by atoms with van der Waals surface area (Å²) in [4.78, 5) is 24.5. The molecule has 2 bridgehead atoms. The first-order valence-corrected chi connectivity index (χ1v) is 12.7. The number of carbonyl (C=O) groups is 2. The van der Waals surface area contributed by atoms with Gasteiger partial charge in [0.1, 0.15) is 18.5 Å². The van der Waals surface area contributed by atoms with E-state index in [1.165, 1.54) is 18.1 Å². The Morgan fingerprint density at radius 1 is 1.14 bits per heavy atom. The predicted molar refractivity (Wildman–Crippen MR) is 132 cm³/mol. The summed E-state index contributed by atoms with van der Waals surface area (Å²) >= 11 is 0. The van der Waals surface area contributed by atoms with Crippen molar-refractivity contribution < 1.29 is 28.5 Å². The molecule has 1 saturated heterocycles. The molecular weight excluding hydrogens is 458 g/mol. The highest BCUT2D eigenvalue weighted by Crippen LogP contribution is 2.62. The lowest BCUT2D eigenvalue weighted by atomic mass is 9.52. The van der Waals surface area contributed by atoms with Crippen molar-refractivity contribution in [2.45, 2.75) is 50.2 Å². The van der Waals surface area contributed by atoms with Crippen molar-refractivity contribution in [3.8, 4) is 17.2 Å². The van der Waals surface area contributed by atoms with E-state index in [9.17, 15) is 9.59 Å². The zero-order valence-corrected chi connectivity index (χ0v) is 20.6. The van der Waals surface area contributed by atoms with E-state index in [1.807, 2.05) is 30.3 Å². The highest BCUT2D eigenvalue weighted by Gasteiger charge is 2.63. The van der Waals surface area contributed by atoms with Crippen LogP contribution in [0.5, 0.6) is 17.2 Å². The fourth-order valence-corrected chi connectivity index (χ4v) is 6.88. The summed E-state index contributed by atoms with van der Waals surface area (Å²) in [6, 6.07) is 12.0. The molecule has 36 heavy (non-hydrogen) atoms. The Bertz CT molecular complexity index is 1240. The van der Waals surface area contributed by atoms with Gasteiger partial charge in [0, 0.05) is 42.2 Å². The predicted octanol–water partition coefficient (Wildman–Crippen LogP) is 3.52. The molecule has 1 fully saturated rings. The molecule has 0 unspecified atom stereocenters. The first-order chi connectivity index (χ1) is 17.5. The molecule has 2 aromatic carbocycles. The maximum atomic E-state index is 12.7. The van der Waals surface area contributed by atoms with E-state index in [4.69, 9.17) is 18.9 Å². The summed E-state index contributed by atoms with van der Waals surface area (Å²) in [5.41, 5.74) is 3.21. The lowest BCUT2D eigenvalue weighted by Crippen LogP contribution is -2.64. The molecule has 4 aliphatic rings. The quantitative estimate of drug-likeness (QED) is 0.362. The van der Waals surface area contributed by atoms with Crippen molar-refractivity contribution in [3.05, 3.63) is 65.2 Å². The van der Waals surface area contributed by atoms with E-state index in [1.54, 1.807) is 7.11 Å². The molecule has 1 spiro atoms. The lowest BCUT2D eigenvalue weighted by Gasteiger charge is -2.54. The third-order valence-electron chi connectivity index (χ3n) is 8.28. The topological polar surface area (TPSA) is 83.1 Å². The number of rotatable bonds is 7. The summed E-state index contributed by atoms with van der Waals surface area (Å²) in [5.74, 6) is 1.55. The molecule has 0 radical (unpaired) electrons. The van der Waals surface area contributed by atoms with E-state index in [2.05, 4.69) is 23.5 Å². The molecule has 2 aromatic rings. The number of piperidine rings is 1. The van der Waals surface area contributed by atoms with Crippen LogP contribution in [0.4, 0.5) is 0 Å². The third-order valence-corrected chi connectivity index (χ3v) is 8.28. The summed E-state index contributed by atoms with van der Waals surface area (Å²) < 4.78 is 23.4. The Labute approximate surface area is 210 Å². The number of esters is 2. The van der Waals surface area contributed by atoms with Crippen LogP contribution in [0, 0.1) is 11.8 Å². The molecule has 188 valence electrons. The van der Waals surface area contributed by atoms with Crippen LogP contribution >= 0.6 is 0 Å². The molecule has 6 rings (SSSR count). The number of benzene rings is 2. The first-order valence-electron chi connectivity index (χ1n) is 12.7. The van der Waals surface area contributed by atoms with Crippen LogP contribution in [-0.4, -0.2) is 44.3 Å². The van der Waals surface area contributed by atoms with Crippen LogP contribution < -0.4 is 19.5 Å². The lowest BCUT2D eigenvalue weighted by molar-refractivity contribution is -0.146. The number of nitrogens with one attached hydrogen (secondary N) is 1. The summed E-state index contributed by atoms with van der Waals surface area (Å²) in [7, 11) is 1.63. The van der Waals surface area contributed by atoms with Gasteiger partial charge in [0.25, 0.3) is 0 Å². The Balaban J connectivity index is 1.23. The third kappa shape index (κ3) is 3.60. The number of ether oxygens (including phenoxy) is 4. The standard InChI is InChI=1S/C29H31NO6/c1-17(31)35-24-11-8-19-15-22-21-10-7-20(28-29(21,13-14-30-22)26(19)27(24)36-28)16-34-25(32)12-9-18-5-3-4-6-23(18)33-2/h3-8,10-11,20-22,28,30H,9,12-16H2,1-2H3/t20-,21+,22-,28+,29+/m1/s1. The zero-order chi connectivity index (χ0) is 24.9. The Kier molecular flexibility index (Phi) is 5.75. The minimum atomic E-state index is -0.364. The largest absolute Gasteiger partial charge is 0.496 e. The van der Waals surface area contributed by atoms with E-state index in [-0.39, 0.29) is 48.3 Å². The molecule has 0 amide bonds. The SMILES string of the molecule is COc1ccccc1CCC(=O)OC[C@H]1C=C[C@H]2[C@H]3Cc4ccc(OC(C)=O)c5c4[C@@]2(CCN3)[C@H]1O5. The van der Waals surface area contributed by atoms with Gasteiger partial charge in [-0.3, -0.25) is 9.59 Å². The minimum absolute atomic E-state index is 0.0845. The fraction of sp³-hybridized carbons (Fsp3) is 0.448. The van der Waals surface area contributed by atoms with Crippen LogP contribution in [0.3, 0.4) is 0 Å². The maximum absolute atomic E-state index is 12.7. The zero-order valence-electron chi connectivity index (χ0n) is 20.6. The Morgan fingerprint density at radius 3 is 2.83 bits per heavy atom. The molecule has 2 aliphatic carbocycles. The van der Waals surface area contributed by atoms with Crippen molar-refractivity contribution in [2.75, 3.05) is 20.3 Å². The van der Waals surface area contributed by atoms with E-state index >= 15 is 0 Å². The monoisotopic (exact) mass is 489 g/mol. The van der Waals surface area contributed by atoms with Crippen molar-refractivity contribution in [1.29, 1.82) is 0 Å². The van der Waals surface area contributed by atoms with Crippen LogP contribution in [0.15, 0.2) is 48.6 Å². The molecule has 7 nitrogen and oxygen atoms in total. The van der Waals surface area contributed by atoms with Crippen molar-refractivity contribution in [1.82, 2.24) is 5.32 Å². The molecule has 2 aliphatic heterocycles. The van der Waals surface area contributed by atoms with Crippen LogP contribution in [0.1, 0.15) is 36.5 Å². The Hall–Kier alpha value is -3.32. The molecule has 2 heterocycles. The van der Waals surface area contributed by atoms with Gasteiger partial charge in [-0.15, -0.1) is 0 Å². The van der Waals surface area contributed by atoms with Gasteiger partial charge in [0.05, 0.1) is 7.11 Å². The van der Waals surface area contributed by atoms with Gasteiger partial charge in [0.2, 0.25) is 0 Å². The van der Waals surface area contributed by atoms with Gasteiger partial charge in [-0.25, -0.2) is 0 Å². The number of para-hydroxylation sites is 1. The Morgan fingerprint density at radius 2 is 2.00 bits per heavy atom. The average molecular weight is 490 g/mol. The second-order valence-electron chi connectivity index (χ2n) is 10.2. The van der Waals surface area contributed by atoms with Gasteiger partial charge < -0.3 is 24.3 Å². The van der Waals surface area contributed by atoms with Gasteiger partial charge in [-0.2, -0.15) is 0 Å². The smallest absolute Gasteiger partial charge is 0.308 e. The van der Waals surface area contributed by atoms with Crippen LogP contribution in [-0.2, 0) is 32.6 Å². The second kappa shape index (κ2) is 8.96.